The summed E-state index contributed by atoms with van der Waals surface area (Å²) in [7, 11) is -0.891. The molecule has 0 aliphatic rings. The Hall–Kier alpha value is -2.49. The monoisotopic (exact) mass is 501 g/mol. The van der Waals surface area contributed by atoms with Crippen molar-refractivity contribution in [1.29, 1.82) is 0 Å². The minimum Gasteiger partial charge on any atom is -0.497 e. The van der Waals surface area contributed by atoms with Gasteiger partial charge in [-0.3, -0.25) is 13.9 Å². The first-order valence-corrected chi connectivity index (χ1v) is 12.1. The molecule has 11 heteroatoms. The summed E-state index contributed by atoms with van der Waals surface area (Å²) in [5.74, 6) is -0.332. The quantitative estimate of drug-likeness (QED) is 0.569. The van der Waals surface area contributed by atoms with Crippen LogP contribution in [0.3, 0.4) is 0 Å². The van der Waals surface area contributed by atoms with Crippen LogP contribution in [-0.4, -0.2) is 58.1 Å². The minimum atomic E-state index is -3.89. The standard InChI is InChI=1S/C21H25Cl2N3O5S/c1-14(21(28)24-2)25(12-15-5-8-17(31-3)9-6-15)20(27)13-26(32(4,29)30)19-11-16(22)7-10-18(19)23/h5-11,14H,12-13H2,1-4H3,(H,24,28)/t14-/m1/s1. The second-order valence-corrected chi connectivity index (χ2v) is 9.78. The lowest BCUT2D eigenvalue weighted by Crippen LogP contribution is -2.50. The molecule has 0 spiro atoms. The molecule has 32 heavy (non-hydrogen) atoms. The molecule has 8 nitrogen and oxygen atoms in total. The molecule has 0 saturated carbocycles. The molecule has 0 unspecified atom stereocenters. The molecule has 0 aromatic heterocycles. The number of hydrogen-bond acceptors (Lipinski definition) is 5. The van der Waals surface area contributed by atoms with Gasteiger partial charge in [-0.1, -0.05) is 35.3 Å². The molecule has 0 aliphatic carbocycles. The van der Waals surface area contributed by atoms with E-state index in [0.717, 1.165) is 16.1 Å². The molecule has 0 heterocycles. The number of nitrogens with one attached hydrogen (secondary N) is 1. The maximum Gasteiger partial charge on any atom is 0.244 e. The van der Waals surface area contributed by atoms with Crippen LogP contribution < -0.4 is 14.4 Å². The Kier molecular flexibility index (Phi) is 8.77. The lowest BCUT2D eigenvalue weighted by atomic mass is 10.1. The number of carbonyl (C=O) groups is 2. The summed E-state index contributed by atoms with van der Waals surface area (Å²) in [6.07, 6.45) is 0.966. The Morgan fingerprint density at radius 2 is 1.75 bits per heavy atom. The summed E-state index contributed by atoms with van der Waals surface area (Å²) < 4.78 is 31.0. The number of amides is 2. The third kappa shape index (κ3) is 6.51. The molecule has 2 aromatic carbocycles. The minimum absolute atomic E-state index is 0.0759. The molecule has 174 valence electrons. The maximum absolute atomic E-state index is 13.3. The summed E-state index contributed by atoms with van der Waals surface area (Å²) in [5, 5.41) is 2.90. The van der Waals surface area contributed by atoms with Gasteiger partial charge < -0.3 is 15.0 Å². The molecule has 2 amide bonds. The van der Waals surface area contributed by atoms with Crippen LogP contribution in [0.4, 0.5) is 5.69 Å². The first-order chi connectivity index (χ1) is 15.0. The largest absolute Gasteiger partial charge is 0.497 e. The van der Waals surface area contributed by atoms with Crippen LogP contribution >= 0.6 is 23.2 Å². The fourth-order valence-electron chi connectivity index (χ4n) is 2.99. The number of likely N-dealkylation sites (N-methyl/N-ethyl adjacent to an activating group) is 1. The Morgan fingerprint density at radius 3 is 2.28 bits per heavy atom. The Morgan fingerprint density at radius 1 is 1.12 bits per heavy atom. The van der Waals surface area contributed by atoms with Gasteiger partial charge in [-0.2, -0.15) is 0 Å². The fourth-order valence-corrected chi connectivity index (χ4v) is 4.28. The molecule has 2 rings (SSSR count). The third-order valence-corrected chi connectivity index (χ3v) is 6.46. The van der Waals surface area contributed by atoms with E-state index in [4.69, 9.17) is 27.9 Å². The SMILES string of the molecule is CNC(=O)[C@@H](C)N(Cc1ccc(OC)cc1)C(=O)CN(c1cc(Cl)ccc1Cl)S(C)(=O)=O. The van der Waals surface area contributed by atoms with Crippen LogP contribution in [0, 0.1) is 0 Å². The highest BCUT2D eigenvalue weighted by Gasteiger charge is 2.30. The molecule has 0 radical (unpaired) electrons. The van der Waals surface area contributed by atoms with Crippen molar-refractivity contribution >= 4 is 50.7 Å². The molecule has 1 N–H and O–H groups in total. The smallest absolute Gasteiger partial charge is 0.244 e. The molecular formula is C21H25Cl2N3O5S. The van der Waals surface area contributed by atoms with E-state index in [0.29, 0.717) is 5.75 Å². The summed E-state index contributed by atoms with van der Waals surface area (Å²) in [4.78, 5) is 26.9. The predicted molar refractivity (Wildman–Crippen MR) is 126 cm³/mol. The van der Waals surface area contributed by atoms with Crippen molar-refractivity contribution < 1.29 is 22.7 Å². The number of methoxy groups -OCH3 is 1. The molecule has 0 bridgehead atoms. The fraction of sp³-hybridized carbons (Fsp3) is 0.333. The van der Waals surface area contributed by atoms with Crippen LogP contribution in [0.15, 0.2) is 42.5 Å². The van der Waals surface area contributed by atoms with Gasteiger partial charge in [0.2, 0.25) is 21.8 Å². The van der Waals surface area contributed by atoms with Crippen LogP contribution in [0.2, 0.25) is 10.0 Å². The van der Waals surface area contributed by atoms with Gasteiger partial charge in [-0.15, -0.1) is 0 Å². The number of hydrogen-bond donors (Lipinski definition) is 1. The number of sulfonamides is 1. The van der Waals surface area contributed by atoms with Gasteiger partial charge in [0.15, 0.2) is 0 Å². The number of carbonyl (C=O) groups excluding carboxylic acids is 2. The van der Waals surface area contributed by atoms with Crippen LogP contribution in [0.5, 0.6) is 5.75 Å². The van der Waals surface area contributed by atoms with Crippen LogP contribution in [-0.2, 0) is 26.2 Å². The molecule has 0 fully saturated rings. The highest BCUT2D eigenvalue weighted by molar-refractivity contribution is 7.92. The van der Waals surface area contributed by atoms with E-state index < -0.39 is 34.4 Å². The number of rotatable bonds is 9. The van der Waals surface area contributed by atoms with E-state index in [9.17, 15) is 18.0 Å². The lowest BCUT2D eigenvalue weighted by molar-refractivity contribution is -0.139. The molecule has 2 aromatic rings. The van der Waals surface area contributed by atoms with E-state index in [1.54, 1.807) is 38.3 Å². The molecular weight excluding hydrogens is 477 g/mol. The van der Waals surface area contributed by atoms with E-state index in [1.807, 2.05) is 0 Å². The van der Waals surface area contributed by atoms with E-state index in [-0.39, 0.29) is 22.3 Å². The summed E-state index contributed by atoms with van der Waals surface area (Å²) in [5.41, 5.74) is 0.814. The summed E-state index contributed by atoms with van der Waals surface area (Å²) in [6.45, 7) is 1.09. The average molecular weight is 502 g/mol. The number of halogens is 2. The van der Waals surface area contributed by atoms with Gasteiger partial charge >= 0.3 is 0 Å². The lowest BCUT2D eigenvalue weighted by Gasteiger charge is -2.31. The highest BCUT2D eigenvalue weighted by atomic mass is 35.5. The number of anilines is 1. The summed E-state index contributed by atoms with van der Waals surface area (Å²) in [6, 6.07) is 10.5. The van der Waals surface area contributed by atoms with Gasteiger partial charge in [-0.25, -0.2) is 8.42 Å². The van der Waals surface area contributed by atoms with Crippen molar-refractivity contribution in [2.75, 3.05) is 31.3 Å². The van der Waals surface area contributed by atoms with Crippen LogP contribution in [0.1, 0.15) is 12.5 Å². The van der Waals surface area contributed by atoms with Crippen molar-refractivity contribution in [2.45, 2.75) is 19.5 Å². The van der Waals surface area contributed by atoms with Crippen molar-refractivity contribution in [3.8, 4) is 5.75 Å². The Balaban J connectivity index is 2.41. The maximum atomic E-state index is 13.3. The Labute approximate surface area is 198 Å². The zero-order valence-corrected chi connectivity index (χ0v) is 20.5. The van der Waals surface area contributed by atoms with Crippen molar-refractivity contribution in [1.82, 2.24) is 10.2 Å². The second kappa shape index (κ2) is 10.9. The van der Waals surface area contributed by atoms with E-state index in [2.05, 4.69) is 5.32 Å². The van der Waals surface area contributed by atoms with Crippen LogP contribution in [0.25, 0.3) is 0 Å². The van der Waals surface area contributed by atoms with Crippen molar-refractivity contribution in [2.24, 2.45) is 0 Å². The number of nitrogens with zero attached hydrogens (tertiary/aromatic N) is 2. The van der Waals surface area contributed by atoms with Crippen molar-refractivity contribution in [3.05, 3.63) is 58.1 Å². The van der Waals surface area contributed by atoms with E-state index >= 15 is 0 Å². The number of ether oxygens (including phenoxy) is 1. The number of benzene rings is 2. The molecule has 1 atom stereocenters. The van der Waals surface area contributed by atoms with Gasteiger partial charge in [0, 0.05) is 18.6 Å². The predicted octanol–water partition coefficient (Wildman–Crippen LogP) is 2.93. The van der Waals surface area contributed by atoms with E-state index in [1.165, 1.54) is 30.1 Å². The molecule has 0 aliphatic heterocycles. The summed E-state index contributed by atoms with van der Waals surface area (Å²) >= 11 is 12.2. The van der Waals surface area contributed by atoms with Gasteiger partial charge in [0.25, 0.3) is 0 Å². The first kappa shape index (κ1) is 25.8. The third-order valence-electron chi connectivity index (χ3n) is 4.78. The normalized spacial score (nSPS) is 12.1. The zero-order valence-electron chi connectivity index (χ0n) is 18.1. The second-order valence-electron chi connectivity index (χ2n) is 7.03. The van der Waals surface area contributed by atoms with Gasteiger partial charge in [0.1, 0.15) is 18.3 Å². The highest BCUT2D eigenvalue weighted by Crippen LogP contribution is 2.31. The van der Waals surface area contributed by atoms with Gasteiger partial charge in [0.05, 0.1) is 24.1 Å². The topological polar surface area (TPSA) is 96.0 Å². The van der Waals surface area contributed by atoms with Gasteiger partial charge in [-0.05, 0) is 42.8 Å². The molecule has 0 saturated heterocycles. The van der Waals surface area contributed by atoms with Crippen molar-refractivity contribution in [3.63, 3.8) is 0 Å². The average Bonchev–Trinajstić information content (AvgIpc) is 2.76. The first-order valence-electron chi connectivity index (χ1n) is 9.54. The zero-order chi connectivity index (χ0) is 24.1. The Bertz CT molecular complexity index is 1080.